The van der Waals surface area contributed by atoms with Gasteiger partial charge in [-0.1, -0.05) is 23.2 Å². The number of halogens is 2. The van der Waals surface area contributed by atoms with Crippen LogP contribution in [0.5, 0.6) is 0 Å². The second-order valence-corrected chi connectivity index (χ2v) is 6.02. The SMILES string of the molecule is CC1(C)CCCN1C(=O)c1cc(N)c(Cl)c(Cl)c1. The van der Waals surface area contributed by atoms with Gasteiger partial charge in [0.1, 0.15) is 0 Å². The van der Waals surface area contributed by atoms with Crippen LogP contribution in [0.3, 0.4) is 0 Å². The number of nitrogens with two attached hydrogens (primary N) is 1. The Hall–Kier alpha value is -0.930. The third-order valence-corrected chi connectivity index (χ3v) is 4.27. The molecule has 1 aliphatic rings. The average molecular weight is 287 g/mol. The Kier molecular flexibility index (Phi) is 3.47. The van der Waals surface area contributed by atoms with E-state index in [2.05, 4.69) is 13.8 Å². The lowest BCUT2D eigenvalue weighted by atomic mass is 10.0. The second-order valence-electron chi connectivity index (χ2n) is 5.23. The van der Waals surface area contributed by atoms with Gasteiger partial charge in [-0.3, -0.25) is 4.79 Å². The molecule has 98 valence electrons. The van der Waals surface area contributed by atoms with Crippen LogP contribution in [0.1, 0.15) is 37.0 Å². The molecule has 0 saturated carbocycles. The van der Waals surface area contributed by atoms with Crippen molar-refractivity contribution in [2.24, 2.45) is 0 Å². The number of anilines is 1. The third-order valence-electron chi connectivity index (χ3n) is 3.45. The highest BCUT2D eigenvalue weighted by Crippen LogP contribution is 2.33. The van der Waals surface area contributed by atoms with Gasteiger partial charge in [-0.05, 0) is 38.8 Å². The molecule has 0 unspecified atom stereocenters. The molecule has 0 aromatic heterocycles. The van der Waals surface area contributed by atoms with E-state index in [1.807, 2.05) is 4.90 Å². The van der Waals surface area contributed by atoms with Crippen molar-refractivity contribution in [1.29, 1.82) is 0 Å². The van der Waals surface area contributed by atoms with Crippen LogP contribution in [-0.4, -0.2) is 22.9 Å². The molecule has 1 aromatic carbocycles. The largest absolute Gasteiger partial charge is 0.397 e. The van der Waals surface area contributed by atoms with Gasteiger partial charge in [-0.25, -0.2) is 0 Å². The number of nitrogens with zero attached hydrogens (tertiary/aromatic N) is 1. The zero-order valence-corrected chi connectivity index (χ0v) is 12.0. The van der Waals surface area contributed by atoms with Gasteiger partial charge in [-0.15, -0.1) is 0 Å². The normalized spacial score (nSPS) is 18.1. The molecule has 1 aromatic rings. The lowest BCUT2D eigenvalue weighted by Gasteiger charge is -2.31. The first-order valence-electron chi connectivity index (χ1n) is 5.89. The van der Waals surface area contributed by atoms with Crippen LogP contribution in [0.4, 0.5) is 5.69 Å². The summed E-state index contributed by atoms with van der Waals surface area (Å²) in [6, 6.07) is 3.17. The first-order valence-corrected chi connectivity index (χ1v) is 6.65. The molecular formula is C13H16Cl2N2O. The predicted molar refractivity (Wildman–Crippen MR) is 75.2 cm³/mol. The zero-order chi connectivity index (χ0) is 13.5. The summed E-state index contributed by atoms with van der Waals surface area (Å²) in [7, 11) is 0. The Morgan fingerprint density at radius 2 is 2.06 bits per heavy atom. The molecule has 1 heterocycles. The summed E-state index contributed by atoms with van der Waals surface area (Å²) in [6.45, 7) is 4.91. The summed E-state index contributed by atoms with van der Waals surface area (Å²) in [5, 5.41) is 0.617. The van der Waals surface area contributed by atoms with Gasteiger partial charge in [0.05, 0.1) is 15.7 Å². The van der Waals surface area contributed by atoms with E-state index in [0.29, 0.717) is 21.3 Å². The van der Waals surface area contributed by atoms with E-state index in [-0.39, 0.29) is 11.4 Å². The van der Waals surface area contributed by atoms with Gasteiger partial charge in [0.2, 0.25) is 0 Å². The van der Waals surface area contributed by atoms with Crippen molar-refractivity contribution in [3.63, 3.8) is 0 Å². The third kappa shape index (κ3) is 2.29. The fourth-order valence-corrected chi connectivity index (χ4v) is 2.71. The minimum absolute atomic E-state index is 0.0391. The van der Waals surface area contributed by atoms with Crippen LogP contribution in [0.15, 0.2) is 12.1 Å². The smallest absolute Gasteiger partial charge is 0.254 e. The molecule has 18 heavy (non-hydrogen) atoms. The summed E-state index contributed by atoms with van der Waals surface area (Å²) >= 11 is 11.8. The van der Waals surface area contributed by atoms with E-state index >= 15 is 0 Å². The van der Waals surface area contributed by atoms with Crippen LogP contribution < -0.4 is 5.73 Å². The van der Waals surface area contributed by atoms with Crippen LogP contribution in [0.25, 0.3) is 0 Å². The van der Waals surface area contributed by atoms with Gasteiger partial charge >= 0.3 is 0 Å². The number of benzene rings is 1. The first-order chi connectivity index (χ1) is 8.33. The van der Waals surface area contributed by atoms with E-state index in [4.69, 9.17) is 28.9 Å². The molecular weight excluding hydrogens is 271 g/mol. The minimum atomic E-state index is -0.113. The standard InChI is InChI=1S/C13H16Cl2N2O/c1-13(2)4-3-5-17(13)12(18)8-6-9(14)11(15)10(16)7-8/h6-7H,3-5,16H2,1-2H3. The van der Waals surface area contributed by atoms with Crippen LogP contribution in [-0.2, 0) is 0 Å². The molecule has 0 spiro atoms. The molecule has 0 bridgehead atoms. The minimum Gasteiger partial charge on any atom is -0.397 e. The van der Waals surface area contributed by atoms with E-state index < -0.39 is 0 Å². The lowest BCUT2D eigenvalue weighted by molar-refractivity contribution is 0.0652. The Bertz CT molecular complexity index is 477. The van der Waals surface area contributed by atoms with Crippen LogP contribution in [0.2, 0.25) is 10.0 Å². The molecule has 1 aliphatic heterocycles. The molecule has 1 amide bonds. The van der Waals surface area contributed by atoms with Crippen molar-refractivity contribution in [2.45, 2.75) is 32.2 Å². The average Bonchev–Trinajstić information content (AvgIpc) is 2.64. The highest BCUT2D eigenvalue weighted by molar-refractivity contribution is 6.43. The van der Waals surface area contributed by atoms with Crippen molar-refractivity contribution in [3.05, 3.63) is 27.7 Å². The number of hydrogen-bond acceptors (Lipinski definition) is 2. The summed E-state index contributed by atoms with van der Waals surface area (Å²) in [6.07, 6.45) is 2.03. The maximum atomic E-state index is 12.4. The van der Waals surface area contributed by atoms with Gasteiger partial charge in [0, 0.05) is 17.6 Å². The fraction of sp³-hybridized carbons (Fsp3) is 0.462. The van der Waals surface area contributed by atoms with Crippen molar-refractivity contribution in [1.82, 2.24) is 4.90 Å². The molecule has 2 rings (SSSR count). The first kappa shape index (κ1) is 13.5. The number of likely N-dealkylation sites (tertiary alicyclic amines) is 1. The van der Waals surface area contributed by atoms with E-state index in [1.165, 1.54) is 0 Å². The quantitative estimate of drug-likeness (QED) is 0.802. The molecule has 3 nitrogen and oxygen atoms in total. The Balaban J connectivity index is 2.35. The molecule has 2 N–H and O–H groups in total. The molecule has 0 atom stereocenters. The maximum absolute atomic E-state index is 12.4. The van der Waals surface area contributed by atoms with Crippen LogP contribution in [0, 0.1) is 0 Å². The van der Waals surface area contributed by atoms with E-state index in [0.717, 1.165) is 19.4 Å². The Morgan fingerprint density at radius 3 is 2.56 bits per heavy atom. The van der Waals surface area contributed by atoms with Gasteiger partial charge in [-0.2, -0.15) is 0 Å². The summed E-state index contributed by atoms with van der Waals surface area (Å²) in [5.74, 6) is -0.0391. The maximum Gasteiger partial charge on any atom is 0.254 e. The van der Waals surface area contributed by atoms with Gasteiger partial charge in [0.15, 0.2) is 0 Å². The van der Waals surface area contributed by atoms with Crippen molar-refractivity contribution >= 4 is 34.8 Å². The number of hydrogen-bond donors (Lipinski definition) is 1. The Morgan fingerprint density at radius 1 is 1.39 bits per heavy atom. The van der Waals surface area contributed by atoms with E-state index in [1.54, 1.807) is 12.1 Å². The summed E-state index contributed by atoms with van der Waals surface area (Å²) in [4.78, 5) is 14.3. The van der Waals surface area contributed by atoms with Crippen molar-refractivity contribution in [2.75, 3.05) is 12.3 Å². The summed E-state index contributed by atoms with van der Waals surface area (Å²) in [5.41, 5.74) is 6.46. The number of amides is 1. The highest BCUT2D eigenvalue weighted by atomic mass is 35.5. The fourth-order valence-electron chi connectivity index (χ4n) is 2.37. The second kappa shape index (κ2) is 4.63. The van der Waals surface area contributed by atoms with E-state index in [9.17, 15) is 4.79 Å². The summed E-state index contributed by atoms with van der Waals surface area (Å²) < 4.78 is 0. The highest BCUT2D eigenvalue weighted by Gasteiger charge is 2.35. The van der Waals surface area contributed by atoms with Crippen molar-refractivity contribution in [3.8, 4) is 0 Å². The molecule has 1 fully saturated rings. The molecule has 5 heteroatoms. The van der Waals surface area contributed by atoms with Gasteiger partial charge < -0.3 is 10.6 Å². The van der Waals surface area contributed by atoms with Crippen molar-refractivity contribution < 1.29 is 4.79 Å². The molecule has 0 radical (unpaired) electrons. The lowest BCUT2D eigenvalue weighted by Crippen LogP contribution is -2.42. The van der Waals surface area contributed by atoms with Crippen LogP contribution >= 0.6 is 23.2 Å². The van der Waals surface area contributed by atoms with Gasteiger partial charge in [0.25, 0.3) is 5.91 Å². The molecule has 1 saturated heterocycles. The number of nitrogen functional groups attached to an aromatic ring is 1. The number of carbonyl (C=O) groups excluding carboxylic acids is 1. The predicted octanol–water partition coefficient (Wildman–Crippen LogP) is 3.59. The number of rotatable bonds is 1. The zero-order valence-electron chi connectivity index (χ0n) is 10.5. The topological polar surface area (TPSA) is 46.3 Å². The molecule has 0 aliphatic carbocycles. The number of carbonyl (C=O) groups is 1. The Labute approximate surface area is 117 Å². The monoisotopic (exact) mass is 286 g/mol.